The van der Waals surface area contributed by atoms with Crippen LogP contribution in [0.4, 0.5) is 0 Å². The molecular weight excluding hydrogens is 388 g/mol. The van der Waals surface area contributed by atoms with Crippen LogP contribution in [0.3, 0.4) is 0 Å². The first-order valence-corrected chi connectivity index (χ1v) is 5.36. The van der Waals surface area contributed by atoms with E-state index < -0.39 is 49.6 Å². The van der Waals surface area contributed by atoms with E-state index in [1.165, 1.54) is 0 Å². The zero-order chi connectivity index (χ0) is 16.6. The van der Waals surface area contributed by atoms with E-state index in [-0.39, 0.29) is 34.1 Å². The van der Waals surface area contributed by atoms with Gasteiger partial charge in [0.2, 0.25) is 0 Å². The summed E-state index contributed by atoms with van der Waals surface area (Å²) >= 11 is 0. The SMILES string of the molecule is NCCN.O=C([O-])CCC(=O)[O-].O=C([O-])CCC(=O)[O-].[Fe+2].[Fe+2]. The van der Waals surface area contributed by atoms with Gasteiger partial charge in [-0.05, 0) is 25.7 Å². The molecule has 12 heteroatoms. The van der Waals surface area contributed by atoms with Gasteiger partial charge in [0.1, 0.15) is 0 Å². The van der Waals surface area contributed by atoms with Crippen molar-refractivity contribution in [2.45, 2.75) is 25.7 Å². The number of rotatable bonds is 7. The topological polar surface area (TPSA) is 213 Å². The van der Waals surface area contributed by atoms with Gasteiger partial charge in [-0.3, -0.25) is 0 Å². The Hall–Kier alpha value is -1.16. The number of carboxylic acids is 4. The van der Waals surface area contributed by atoms with Gasteiger partial charge in [0.25, 0.3) is 0 Å². The van der Waals surface area contributed by atoms with Crippen molar-refractivity contribution in [1.29, 1.82) is 0 Å². The van der Waals surface area contributed by atoms with Crippen molar-refractivity contribution in [2.75, 3.05) is 13.1 Å². The zero-order valence-electron chi connectivity index (χ0n) is 11.4. The number of aliphatic carboxylic acids is 4. The van der Waals surface area contributed by atoms with Crippen LogP contribution in [0, 0.1) is 0 Å². The van der Waals surface area contributed by atoms with Crippen LogP contribution in [0.5, 0.6) is 0 Å². The van der Waals surface area contributed by atoms with Crippen molar-refractivity contribution in [3.05, 3.63) is 0 Å². The molecule has 22 heavy (non-hydrogen) atoms. The molecule has 0 saturated carbocycles. The van der Waals surface area contributed by atoms with Crippen molar-refractivity contribution in [2.24, 2.45) is 11.5 Å². The van der Waals surface area contributed by atoms with Crippen molar-refractivity contribution < 1.29 is 73.7 Å². The normalized spacial score (nSPS) is 7.55. The van der Waals surface area contributed by atoms with E-state index in [2.05, 4.69) is 0 Å². The first-order valence-electron chi connectivity index (χ1n) is 5.36. The third kappa shape index (κ3) is 61.9. The second-order valence-electron chi connectivity index (χ2n) is 3.07. The van der Waals surface area contributed by atoms with Crippen LogP contribution >= 0.6 is 0 Å². The van der Waals surface area contributed by atoms with Crippen LogP contribution in [-0.4, -0.2) is 37.0 Å². The fraction of sp³-hybridized carbons (Fsp3) is 0.600. The minimum atomic E-state index is -1.37. The minimum absolute atomic E-state index is 0. The molecule has 0 heterocycles. The van der Waals surface area contributed by atoms with E-state index in [4.69, 9.17) is 11.5 Å². The monoisotopic (exact) mass is 404 g/mol. The number of carboxylic acid groups (broad SMARTS) is 4. The second-order valence-corrected chi connectivity index (χ2v) is 3.07. The molecule has 0 amide bonds. The van der Waals surface area contributed by atoms with E-state index >= 15 is 0 Å². The number of carbonyl (C=O) groups is 4. The molecule has 4 N–H and O–H groups in total. The Labute approximate surface area is 148 Å². The third-order valence-corrected chi connectivity index (χ3v) is 1.23. The molecule has 10 nitrogen and oxygen atoms in total. The molecule has 0 rings (SSSR count). The van der Waals surface area contributed by atoms with Crippen LogP contribution in [0.1, 0.15) is 25.7 Å². The molecule has 0 radical (unpaired) electrons. The van der Waals surface area contributed by atoms with Crippen molar-refractivity contribution in [1.82, 2.24) is 0 Å². The van der Waals surface area contributed by atoms with Crippen LogP contribution < -0.4 is 31.9 Å². The van der Waals surface area contributed by atoms with Crippen LogP contribution in [-0.2, 0) is 53.3 Å². The summed E-state index contributed by atoms with van der Waals surface area (Å²) in [4.78, 5) is 38.0. The third-order valence-electron chi connectivity index (χ3n) is 1.23. The van der Waals surface area contributed by atoms with E-state index in [0.29, 0.717) is 13.1 Å². The van der Waals surface area contributed by atoms with Gasteiger partial charge >= 0.3 is 34.1 Å². The van der Waals surface area contributed by atoms with Gasteiger partial charge in [0.05, 0.1) is 0 Å². The smallest absolute Gasteiger partial charge is 0.550 e. The Morgan fingerprint density at radius 3 is 0.727 bits per heavy atom. The molecule has 0 unspecified atom stereocenters. The molecule has 0 spiro atoms. The molecule has 0 aliphatic rings. The maximum absolute atomic E-state index is 9.50. The average Bonchev–Trinajstić information content (AvgIpc) is 2.35. The summed E-state index contributed by atoms with van der Waals surface area (Å²) in [5, 5.41) is 38.0. The molecule has 0 aliphatic carbocycles. The van der Waals surface area contributed by atoms with Gasteiger partial charge in [0, 0.05) is 37.0 Å². The van der Waals surface area contributed by atoms with E-state index in [1.54, 1.807) is 0 Å². The summed E-state index contributed by atoms with van der Waals surface area (Å²) in [6.07, 6.45) is -1.88. The predicted molar refractivity (Wildman–Crippen MR) is 56.6 cm³/mol. The number of hydrogen-bond donors (Lipinski definition) is 2. The van der Waals surface area contributed by atoms with Gasteiger partial charge in [0.15, 0.2) is 0 Å². The van der Waals surface area contributed by atoms with Crippen molar-refractivity contribution >= 4 is 23.9 Å². The maximum Gasteiger partial charge on any atom is 2.00 e. The second kappa shape index (κ2) is 24.8. The summed E-state index contributed by atoms with van der Waals surface area (Å²) in [5.74, 6) is -5.47. The van der Waals surface area contributed by atoms with Crippen LogP contribution in [0.15, 0.2) is 0 Å². The fourth-order valence-corrected chi connectivity index (χ4v) is 0.408. The van der Waals surface area contributed by atoms with Gasteiger partial charge in [-0.25, -0.2) is 0 Å². The van der Waals surface area contributed by atoms with Crippen molar-refractivity contribution in [3.63, 3.8) is 0 Å². The van der Waals surface area contributed by atoms with Gasteiger partial charge in [-0.1, -0.05) is 0 Å². The van der Waals surface area contributed by atoms with E-state index in [9.17, 15) is 39.6 Å². The molecule has 0 aliphatic heterocycles. The molecule has 130 valence electrons. The summed E-state index contributed by atoms with van der Waals surface area (Å²) in [6.45, 7) is 1.19. The summed E-state index contributed by atoms with van der Waals surface area (Å²) in [6, 6.07) is 0. The Morgan fingerprint density at radius 2 is 0.682 bits per heavy atom. The number of nitrogens with two attached hydrogens (primary N) is 2. The first kappa shape index (κ1) is 32.7. The fourth-order valence-electron chi connectivity index (χ4n) is 0.408. The Balaban J connectivity index is -0.0000000661. The molecule has 0 bridgehead atoms. The largest absolute Gasteiger partial charge is 2.00 e. The maximum atomic E-state index is 9.50. The molecule has 0 aromatic heterocycles. The first-order chi connectivity index (χ1) is 9.17. The van der Waals surface area contributed by atoms with Crippen LogP contribution in [0.25, 0.3) is 0 Å². The molecule has 0 aromatic rings. The number of carbonyl (C=O) groups excluding carboxylic acids is 4. The average molecular weight is 404 g/mol. The van der Waals surface area contributed by atoms with E-state index in [0.717, 1.165) is 0 Å². The zero-order valence-corrected chi connectivity index (χ0v) is 13.6. The predicted octanol–water partition coefficient (Wildman–Crippen LogP) is -6.57. The molecule has 0 atom stereocenters. The summed E-state index contributed by atoms with van der Waals surface area (Å²) < 4.78 is 0. The summed E-state index contributed by atoms with van der Waals surface area (Å²) in [7, 11) is 0. The van der Waals surface area contributed by atoms with Gasteiger partial charge in [-0.15, -0.1) is 0 Å². The van der Waals surface area contributed by atoms with Gasteiger partial charge in [-0.2, -0.15) is 0 Å². The quantitative estimate of drug-likeness (QED) is 0.383. The van der Waals surface area contributed by atoms with Crippen LogP contribution in [0.2, 0.25) is 0 Å². The Bertz CT molecular complexity index is 257. The molecule has 0 fully saturated rings. The molecule has 0 saturated heterocycles. The van der Waals surface area contributed by atoms with Crippen molar-refractivity contribution in [3.8, 4) is 0 Å². The molecule has 0 aromatic carbocycles. The Kier molecular flexibility index (Phi) is 36.9. The summed E-state index contributed by atoms with van der Waals surface area (Å²) in [5.41, 5.74) is 9.81. The molecular formula is C10H16Fe2N2O8. The van der Waals surface area contributed by atoms with Gasteiger partial charge < -0.3 is 51.1 Å². The Morgan fingerprint density at radius 1 is 0.545 bits per heavy atom. The standard InChI is InChI=1S/2C4H6O4.C2H8N2.2Fe/c2*5-3(6)1-2-4(7)8;3-1-2-4;;/h2*1-2H2,(H,5,6)(H,7,8);1-4H2;;/q;;;2*+2/p-4. The van der Waals surface area contributed by atoms with E-state index in [1.807, 2.05) is 0 Å². The minimum Gasteiger partial charge on any atom is -0.550 e. The number of hydrogen-bond acceptors (Lipinski definition) is 10.